The number of hydrogen-bond acceptors (Lipinski definition) is 5. The van der Waals surface area contributed by atoms with Crippen LogP contribution in [0.1, 0.15) is 17.3 Å². The third kappa shape index (κ3) is 4.89. The number of esters is 1. The van der Waals surface area contributed by atoms with E-state index in [1.165, 1.54) is 18.2 Å². The van der Waals surface area contributed by atoms with E-state index in [1.807, 2.05) is 6.92 Å². The van der Waals surface area contributed by atoms with Gasteiger partial charge in [-0.1, -0.05) is 11.6 Å². The number of amides is 1. The van der Waals surface area contributed by atoms with E-state index in [-0.39, 0.29) is 11.3 Å². The maximum absolute atomic E-state index is 11.9. The van der Waals surface area contributed by atoms with Gasteiger partial charge in [0, 0.05) is 16.4 Å². The molecule has 2 rings (SSSR count). The second kappa shape index (κ2) is 8.21. The number of ether oxygens (including phenoxy) is 2. The summed E-state index contributed by atoms with van der Waals surface area (Å²) in [7, 11) is 0. The molecule has 0 unspecified atom stereocenters. The molecule has 2 aromatic carbocycles. The van der Waals surface area contributed by atoms with Gasteiger partial charge in [-0.25, -0.2) is 4.79 Å². The number of rotatable bonds is 6. The maximum atomic E-state index is 11.9. The number of carbonyl (C=O) groups excluding carboxylic acids is 2. The van der Waals surface area contributed by atoms with Gasteiger partial charge in [-0.05, 0) is 49.4 Å². The Morgan fingerprint density at radius 1 is 1.17 bits per heavy atom. The van der Waals surface area contributed by atoms with Crippen LogP contribution in [0.25, 0.3) is 0 Å². The van der Waals surface area contributed by atoms with Crippen molar-refractivity contribution in [3.8, 4) is 5.75 Å². The molecule has 0 radical (unpaired) electrons. The van der Waals surface area contributed by atoms with Gasteiger partial charge in [-0.3, -0.25) is 4.79 Å². The molecule has 0 aliphatic heterocycles. The second-order valence-electron chi connectivity index (χ2n) is 4.81. The summed E-state index contributed by atoms with van der Waals surface area (Å²) in [6.07, 6.45) is 0. The highest BCUT2D eigenvalue weighted by atomic mass is 35.5. The minimum atomic E-state index is -0.689. The zero-order valence-electron chi connectivity index (χ0n) is 13.0. The third-order valence-corrected chi connectivity index (χ3v) is 3.25. The van der Waals surface area contributed by atoms with Gasteiger partial charge in [0.05, 0.1) is 12.2 Å². The van der Waals surface area contributed by atoms with Crippen molar-refractivity contribution < 1.29 is 19.1 Å². The lowest BCUT2D eigenvalue weighted by atomic mass is 10.2. The predicted molar refractivity (Wildman–Crippen MR) is 92.4 cm³/mol. The molecule has 0 fully saturated rings. The molecule has 126 valence electrons. The van der Waals surface area contributed by atoms with Crippen molar-refractivity contribution in [2.45, 2.75) is 6.92 Å². The fourth-order valence-corrected chi connectivity index (χ4v) is 2.11. The van der Waals surface area contributed by atoms with Crippen LogP contribution in [0.5, 0.6) is 5.75 Å². The van der Waals surface area contributed by atoms with Gasteiger partial charge >= 0.3 is 5.97 Å². The van der Waals surface area contributed by atoms with E-state index in [0.717, 1.165) is 0 Å². The number of anilines is 2. The number of halogens is 1. The Balaban J connectivity index is 1.87. The van der Waals surface area contributed by atoms with Gasteiger partial charge < -0.3 is 20.5 Å². The molecule has 0 aliphatic carbocycles. The molecule has 1 amide bonds. The van der Waals surface area contributed by atoms with Crippen molar-refractivity contribution in [1.82, 2.24) is 0 Å². The zero-order chi connectivity index (χ0) is 17.5. The number of benzene rings is 2. The van der Waals surface area contributed by atoms with E-state index < -0.39 is 18.5 Å². The number of nitrogens with one attached hydrogen (secondary N) is 1. The van der Waals surface area contributed by atoms with Gasteiger partial charge in [0.1, 0.15) is 5.75 Å². The smallest absolute Gasteiger partial charge is 0.340 e. The van der Waals surface area contributed by atoms with Crippen LogP contribution in [0, 0.1) is 0 Å². The first-order chi connectivity index (χ1) is 11.5. The average Bonchev–Trinajstić information content (AvgIpc) is 2.55. The van der Waals surface area contributed by atoms with Gasteiger partial charge in [0.15, 0.2) is 6.61 Å². The Kier molecular flexibility index (Phi) is 6.03. The van der Waals surface area contributed by atoms with Crippen LogP contribution < -0.4 is 15.8 Å². The van der Waals surface area contributed by atoms with Gasteiger partial charge in [0.2, 0.25) is 0 Å². The van der Waals surface area contributed by atoms with E-state index in [0.29, 0.717) is 23.1 Å². The fraction of sp³-hybridized carbons (Fsp3) is 0.176. The summed E-state index contributed by atoms with van der Waals surface area (Å²) in [6.45, 7) is 2.03. The highest BCUT2D eigenvalue weighted by Crippen LogP contribution is 2.19. The van der Waals surface area contributed by atoms with Gasteiger partial charge in [0.25, 0.3) is 5.91 Å². The first kappa shape index (κ1) is 17.6. The summed E-state index contributed by atoms with van der Waals surface area (Å²) in [6, 6.07) is 11.3. The summed E-state index contributed by atoms with van der Waals surface area (Å²) in [5, 5.41) is 3.03. The zero-order valence-corrected chi connectivity index (χ0v) is 13.8. The summed E-state index contributed by atoms with van der Waals surface area (Å²) in [5.41, 5.74) is 6.62. The SMILES string of the molecule is CCOc1ccc(NC(=O)COC(=O)c2ccc(Cl)cc2N)cc1. The van der Waals surface area contributed by atoms with E-state index >= 15 is 0 Å². The molecule has 0 aromatic heterocycles. The largest absolute Gasteiger partial charge is 0.494 e. The van der Waals surface area contributed by atoms with Crippen LogP contribution >= 0.6 is 11.6 Å². The number of hydrogen-bond donors (Lipinski definition) is 2. The second-order valence-corrected chi connectivity index (χ2v) is 5.25. The molecule has 0 saturated carbocycles. The van der Waals surface area contributed by atoms with Crippen LogP contribution in [0.2, 0.25) is 5.02 Å². The molecule has 2 aromatic rings. The fourth-order valence-electron chi connectivity index (χ4n) is 1.93. The topological polar surface area (TPSA) is 90.6 Å². The minimum absolute atomic E-state index is 0.160. The van der Waals surface area contributed by atoms with E-state index in [1.54, 1.807) is 24.3 Å². The summed E-state index contributed by atoms with van der Waals surface area (Å²) in [4.78, 5) is 23.7. The molecule has 0 spiro atoms. The Hall–Kier alpha value is -2.73. The van der Waals surface area contributed by atoms with Gasteiger partial charge in [-0.2, -0.15) is 0 Å². The first-order valence-corrected chi connectivity index (χ1v) is 7.62. The third-order valence-electron chi connectivity index (χ3n) is 3.02. The molecule has 0 aliphatic rings. The number of nitrogen functional groups attached to an aromatic ring is 1. The summed E-state index contributed by atoms with van der Waals surface area (Å²) in [5.74, 6) is -0.439. The first-order valence-electron chi connectivity index (χ1n) is 7.24. The molecule has 0 atom stereocenters. The van der Waals surface area contributed by atoms with Crippen LogP contribution in [0.4, 0.5) is 11.4 Å². The minimum Gasteiger partial charge on any atom is -0.494 e. The highest BCUT2D eigenvalue weighted by molar-refractivity contribution is 6.31. The van der Waals surface area contributed by atoms with Crippen LogP contribution in [-0.2, 0) is 9.53 Å². The monoisotopic (exact) mass is 348 g/mol. The summed E-state index contributed by atoms with van der Waals surface area (Å²) < 4.78 is 10.3. The predicted octanol–water partition coefficient (Wildman–Crippen LogP) is 3.12. The average molecular weight is 349 g/mol. The van der Waals surface area contributed by atoms with Crippen LogP contribution in [-0.4, -0.2) is 25.1 Å². The molecule has 3 N–H and O–H groups in total. The molecule has 6 nitrogen and oxygen atoms in total. The van der Waals surface area contributed by atoms with Crippen molar-refractivity contribution in [3.05, 3.63) is 53.1 Å². The lowest BCUT2D eigenvalue weighted by molar-refractivity contribution is -0.119. The van der Waals surface area contributed by atoms with E-state index in [4.69, 9.17) is 26.8 Å². The van der Waals surface area contributed by atoms with Gasteiger partial charge in [-0.15, -0.1) is 0 Å². The van der Waals surface area contributed by atoms with Crippen molar-refractivity contribution >= 4 is 34.9 Å². The molecular formula is C17H17ClN2O4. The quantitative estimate of drug-likeness (QED) is 0.618. The normalized spacial score (nSPS) is 10.1. The van der Waals surface area contributed by atoms with Crippen molar-refractivity contribution in [3.63, 3.8) is 0 Å². The molecular weight excluding hydrogens is 332 g/mol. The highest BCUT2D eigenvalue weighted by Gasteiger charge is 2.13. The summed E-state index contributed by atoms with van der Waals surface area (Å²) >= 11 is 5.77. The molecule has 0 saturated heterocycles. The van der Waals surface area contributed by atoms with E-state index in [2.05, 4.69) is 5.32 Å². The Morgan fingerprint density at radius 2 is 1.88 bits per heavy atom. The van der Waals surface area contributed by atoms with Crippen molar-refractivity contribution in [2.75, 3.05) is 24.3 Å². The Morgan fingerprint density at radius 3 is 2.50 bits per heavy atom. The standard InChI is InChI=1S/C17H17ClN2O4/c1-2-23-13-6-4-12(5-7-13)20-16(21)10-24-17(22)14-8-3-11(18)9-15(14)19/h3-9H,2,10,19H2,1H3,(H,20,21). The van der Waals surface area contributed by atoms with Crippen molar-refractivity contribution in [1.29, 1.82) is 0 Å². The molecule has 0 heterocycles. The van der Waals surface area contributed by atoms with Crippen LogP contribution in [0.15, 0.2) is 42.5 Å². The number of nitrogens with two attached hydrogens (primary N) is 1. The Bertz CT molecular complexity index is 732. The molecule has 0 bridgehead atoms. The lowest BCUT2D eigenvalue weighted by Gasteiger charge is -2.09. The lowest BCUT2D eigenvalue weighted by Crippen LogP contribution is -2.21. The Labute approximate surface area is 144 Å². The maximum Gasteiger partial charge on any atom is 0.340 e. The molecule has 24 heavy (non-hydrogen) atoms. The number of carbonyl (C=O) groups is 2. The van der Waals surface area contributed by atoms with Crippen LogP contribution in [0.3, 0.4) is 0 Å². The molecule has 7 heteroatoms. The van der Waals surface area contributed by atoms with Crippen molar-refractivity contribution in [2.24, 2.45) is 0 Å². The van der Waals surface area contributed by atoms with E-state index in [9.17, 15) is 9.59 Å².